The summed E-state index contributed by atoms with van der Waals surface area (Å²) < 4.78 is 54.3. The van der Waals surface area contributed by atoms with E-state index in [0.717, 1.165) is 6.07 Å². The number of aliphatic hydroxyl groups is 1. The second-order valence-electron chi connectivity index (χ2n) is 4.76. The van der Waals surface area contributed by atoms with Crippen LogP contribution in [0.5, 0.6) is 5.75 Å². The van der Waals surface area contributed by atoms with E-state index < -0.39 is 30.4 Å². The molecule has 1 aromatic rings. The quantitative estimate of drug-likeness (QED) is 0.793. The molecule has 0 fully saturated rings. The number of rotatable bonds is 6. The highest BCUT2D eigenvalue weighted by molar-refractivity contribution is 5.36. The molecule has 0 bridgehead atoms. The van der Waals surface area contributed by atoms with Crippen molar-refractivity contribution in [2.24, 2.45) is 11.7 Å². The molecule has 3 N–H and O–H groups in total. The molecule has 20 heavy (non-hydrogen) atoms. The van der Waals surface area contributed by atoms with E-state index >= 15 is 0 Å². The molecule has 0 saturated heterocycles. The summed E-state index contributed by atoms with van der Waals surface area (Å²) in [5.41, 5.74) is 5.82. The minimum Gasteiger partial charge on any atom is -0.428 e. The van der Waals surface area contributed by atoms with Gasteiger partial charge in [0.2, 0.25) is 0 Å². The Balaban J connectivity index is 3.05. The average molecular weight is 295 g/mol. The van der Waals surface area contributed by atoms with Crippen LogP contribution < -0.4 is 10.5 Å². The van der Waals surface area contributed by atoms with Crippen molar-refractivity contribution in [1.29, 1.82) is 0 Å². The molecule has 2 atom stereocenters. The molecular formula is C13H17F4NO2. The fraction of sp³-hybridized carbons (Fsp3) is 0.538. The SMILES string of the molecule is CC(C)[C@@H](O)[C@@H](N)c1ccccc1OC(F)(F)C(F)F. The largest absolute Gasteiger partial charge is 0.461 e. The number of hydrogen-bond donors (Lipinski definition) is 2. The van der Waals surface area contributed by atoms with Gasteiger partial charge in [-0.05, 0) is 12.0 Å². The fourth-order valence-electron chi connectivity index (χ4n) is 1.64. The van der Waals surface area contributed by atoms with Gasteiger partial charge in [0.25, 0.3) is 0 Å². The minimum absolute atomic E-state index is 0.0500. The fourth-order valence-corrected chi connectivity index (χ4v) is 1.64. The van der Waals surface area contributed by atoms with Crippen LogP contribution in [0.25, 0.3) is 0 Å². The lowest BCUT2D eigenvalue weighted by Gasteiger charge is -2.25. The Bertz CT molecular complexity index is 440. The number of alkyl halides is 4. The van der Waals surface area contributed by atoms with Crippen LogP contribution in [0.15, 0.2) is 24.3 Å². The lowest BCUT2D eigenvalue weighted by molar-refractivity contribution is -0.253. The van der Waals surface area contributed by atoms with E-state index in [9.17, 15) is 22.7 Å². The molecule has 1 aromatic carbocycles. The van der Waals surface area contributed by atoms with Gasteiger partial charge in [-0.1, -0.05) is 32.0 Å². The second kappa shape index (κ2) is 6.41. The van der Waals surface area contributed by atoms with Crippen molar-refractivity contribution in [2.75, 3.05) is 0 Å². The number of benzene rings is 1. The predicted molar refractivity (Wildman–Crippen MR) is 65.8 cm³/mol. The third-order valence-corrected chi connectivity index (χ3v) is 2.83. The standard InChI is InChI=1S/C13H17F4NO2/c1-7(2)11(19)10(18)8-5-3-4-6-9(8)20-13(16,17)12(14)15/h3-7,10-12,19H,18H2,1-2H3/t10-,11+/m0/s1. The third-order valence-electron chi connectivity index (χ3n) is 2.83. The van der Waals surface area contributed by atoms with E-state index in [-0.39, 0.29) is 11.5 Å². The number of nitrogens with two attached hydrogens (primary N) is 1. The van der Waals surface area contributed by atoms with Crippen LogP contribution in [0.3, 0.4) is 0 Å². The van der Waals surface area contributed by atoms with Crippen molar-refractivity contribution >= 4 is 0 Å². The number of hydrogen-bond acceptors (Lipinski definition) is 3. The second-order valence-corrected chi connectivity index (χ2v) is 4.76. The Kier molecular flexibility index (Phi) is 5.35. The molecule has 0 aliphatic rings. The van der Waals surface area contributed by atoms with Crippen molar-refractivity contribution in [3.05, 3.63) is 29.8 Å². The maximum atomic E-state index is 13.0. The lowest BCUT2D eigenvalue weighted by Crippen LogP contribution is -2.35. The molecule has 0 aliphatic carbocycles. The van der Waals surface area contributed by atoms with Gasteiger partial charge in [0, 0.05) is 5.56 Å². The van der Waals surface area contributed by atoms with E-state index in [0.29, 0.717) is 0 Å². The molecule has 0 spiro atoms. The molecule has 1 rings (SSSR count). The molecule has 114 valence electrons. The first-order valence-corrected chi connectivity index (χ1v) is 6.04. The van der Waals surface area contributed by atoms with E-state index in [1.165, 1.54) is 18.2 Å². The van der Waals surface area contributed by atoms with Crippen LogP contribution in [-0.4, -0.2) is 23.7 Å². The van der Waals surface area contributed by atoms with Crippen LogP contribution in [0.1, 0.15) is 25.5 Å². The molecular weight excluding hydrogens is 278 g/mol. The average Bonchev–Trinajstić information content (AvgIpc) is 2.37. The summed E-state index contributed by atoms with van der Waals surface area (Å²) in [6, 6.07) is 4.30. The van der Waals surface area contributed by atoms with Gasteiger partial charge in [0.1, 0.15) is 5.75 Å². The van der Waals surface area contributed by atoms with Crippen molar-refractivity contribution in [1.82, 2.24) is 0 Å². The minimum atomic E-state index is -4.61. The van der Waals surface area contributed by atoms with E-state index in [1.54, 1.807) is 13.8 Å². The number of ether oxygens (including phenoxy) is 1. The Morgan fingerprint density at radius 3 is 2.25 bits per heavy atom. The zero-order valence-corrected chi connectivity index (χ0v) is 11.1. The molecule has 0 saturated carbocycles. The smallest absolute Gasteiger partial charge is 0.428 e. The normalized spacial score (nSPS) is 15.5. The van der Waals surface area contributed by atoms with Gasteiger partial charge in [0.15, 0.2) is 0 Å². The Morgan fingerprint density at radius 2 is 1.75 bits per heavy atom. The molecule has 0 heterocycles. The zero-order chi connectivity index (χ0) is 15.5. The lowest BCUT2D eigenvalue weighted by atomic mass is 9.94. The maximum Gasteiger partial charge on any atom is 0.461 e. The summed E-state index contributed by atoms with van der Waals surface area (Å²) in [5, 5.41) is 9.86. The van der Waals surface area contributed by atoms with E-state index in [2.05, 4.69) is 4.74 Å². The third kappa shape index (κ3) is 3.83. The van der Waals surface area contributed by atoms with Gasteiger partial charge in [-0.15, -0.1) is 0 Å². The topological polar surface area (TPSA) is 55.5 Å². The highest BCUT2D eigenvalue weighted by Gasteiger charge is 2.44. The number of aliphatic hydroxyl groups excluding tert-OH is 1. The van der Waals surface area contributed by atoms with Gasteiger partial charge < -0.3 is 15.6 Å². The summed E-state index contributed by atoms with van der Waals surface area (Å²) in [7, 11) is 0. The van der Waals surface area contributed by atoms with E-state index in [1.807, 2.05) is 0 Å². The zero-order valence-electron chi connectivity index (χ0n) is 11.1. The van der Waals surface area contributed by atoms with Gasteiger partial charge in [-0.25, -0.2) is 0 Å². The number of para-hydroxylation sites is 1. The van der Waals surface area contributed by atoms with Crippen molar-refractivity contribution in [2.45, 2.75) is 38.5 Å². The molecule has 0 radical (unpaired) electrons. The first-order chi connectivity index (χ1) is 9.16. The summed E-state index contributed by atoms with van der Waals surface area (Å²) in [6.07, 6.45) is -9.58. The Hall–Kier alpha value is -1.34. The highest BCUT2D eigenvalue weighted by Crippen LogP contribution is 2.33. The number of halogens is 4. The maximum absolute atomic E-state index is 13.0. The molecule has 7 heteroatoms. The van der Waals surface area contributed by atoms with Gasteiger partial charge >= 0.3 is 12.5 Å². The van der Waals surface area contributed by atoms with Gasteiger partial charge in [-0.2, -0.15) is 17.6 Å². The van der Waals surface area contributed by atoms with Gasteiger partial charge in [-0.3, -0.25) is 0 Å². The van der Waals surface area contributed by atoms with Gasteiger partial charge in [0.05, 0.1) is 12.1 Å². The molecule has 3 nitrogen and oxygen atoms in total. The summed E-state index contributed by atoms with van der Waals surface area (Å²) >= 11 is 0. The predicted octanol–water partition coefficient (Wildman–Crippen LogP) is 2.94. The van der Waals surface area contributed by atoms with Crippen molar-refractivity contribution in [3.8, 4) is 5.75 Å². The monoisotopic (exact) mass is 295 g/mol. The van der Waals surface area contributed by atoms with Crippen LogP contribution in [0.4, 0.5) is 17.6 Å². The molecule has 0 unspecified atom stereocenters. The molecule has 0 aromatic heterocycles. The molecule has 0 aliphatic heterocycles. The van der Waals surface area contributed by atoms with Crippen LogP contribution in [-0.2, 0) is 0 Å². The Morgan fingerprint density at radius 1 is 1.20 bits per heavy atom. The highest BCUT2D eigenvalue weighted by atomic mass is 19.3. The first-order valence-electron chi connectivity index (χ1n) is 6.04. The summed E-state index contributed by atoms with van der Waals surface area (Å²) in [5.74, 6) is -0.696. The van der Waals surface area contributed by atoms with Crippen molar-refractivity contribution < 1.29 is 27.4 Å². The first kappa shape index (κ1) is 16.7. The summed E-state index contributed by atoms with van der Waals surface area (Å²) in [6.45, 7) is 3.39. The van der Waals surface area contributed by atoms with Crippen LogP contribution in [0, 0.1) is 5.92 Å². The van der Waals surface area contributed by atoms with Crippen LogP contribution in [0.2, 0.25) is 0 Å². The molecule has 0 amide bonds. The van der Waals surface area contributed by atoms with Crippen molar-refractivity contribution in [3.63, 3.8) is 0 Å². The van der Waals surface area contributed by atoms with E-state index in [4.69, 9.17) is 5.73 Å². The Labute approximate surface area is 114 Å². The summed E-state index contributed by atoms with van der Waals surface area (Å²) in [4.78, 5) is 0. The van der Waals surface area contributed by atoms with Crippen LogP contribution >= 0.6 is 0 Å².